The van der Waals surface area contributed by atoms with Gasteiger partial charge < -0.3 is 10.1 Å². The second kappa shape index (κ2) is 6.38. The van der Waals surface area contributed by atoms with Crippen molar-refractivity contribution in [1.29, 1.82) is 0 Å². The number of ether oxygens (including phenoxy) is 1. The fourth-order valence-corrected chi connectivity index (χ4v) is 5.38. The number of fused-ring (bicyclic) bond motifs is 2. The van der Waals surface area contributed by atoms with Gasteiger partial charge in [-0.1, -0.05) is 20.8 Å². The average molecular weight is 371 g/mol. The summed E-state index contributed by atoms with van der Waals surface area (Å²) in [5, 5.41) is 5.28. The van der Waals surface area contributed by atoms with Crippen LogP contribution in [0.15, 0.2) is 35.2 Å². The molecule has 1 aromatic heterocycles. The molecular weight excluding hydrogens is 344 g/mol. The average Bonchev–Trinajstić information content (AvgIpc) is 3.26. The van der Waals surface area contributed by atoms with Crippen molar-refractivity contribution in [3.05, 3.63) is 46.4 Å². The van der Waals surface area contributed by atoms with Crippen molar-refractivity contribution in [2.45, 2.75) is 52.7 Å². The summed E-state index contributed by atoms with van der Waals surface area (Å²) < 4.78 is 5.71. The zero-order valence-corrected chi connectivity index (χ0v) is 16.4. The second-order valence-corrected chi connectivity index (χ2v) is 9.15. The van der Waals surface area contributed by atoms with E-state index in [4.69, 9.17) is 4.74 Å². The second-order valence-electron chi connectivity index (χ2n) is 8.43. The molecule has 2 aliphatic rings. The number of carbonyl (C=O) groups is 1. The molecule has 1 amide bonds. The predicted molar refractivity (Wildman–Crippen MR) is 103 cm³/mol. The van der Waals surface area contributed by atoms with Gasteiger partial charge in [0.15, 0.2) is 0 Å². The Kier molecular flexibility index (Phi) is 4.30. The van der Waals surface area contributed by atoms with Crippen LogP contribution >= 0.6 is 11.3 Å². The van der Waals surface area contributed by atoms with Crippen LogP contribution in [0.5, 0.6) is 5.75 Å². The maximum atomic E-state index is 12.7. The van der Waals surface area contributed by atoms with E-state index in [1.54, 1.807) is 16.8 Å². The number of hydrogen-bond donors (Lipinski definition) is 1. The molecule has 0 radical (unpaired) electrons. The summed E-state index contributed by atoms with van der Waals surface area (Å²) in [4.78, 5) is 16.9. The minimum Gasteiger partial charge on any atom is -0.487 e. The number of hydrogen-bond acceptors (Lipinski definition) is 4. The zero-order chi connectivity index (χ0) is 18.4. The molecule has 0 spiro atoms. The Bertz CT molecular complexity index is 785. The molecule has 0 saturated heterocycles. The van der Waals surface area contributed by atoms with Crippen molar-refractivity contribution in [1.82, 2.24) is 10.3 Å². The van der Waals surface area contributed by atoms with Crippen LogP contribution in [0.1, 0.15) is 56.1 Å². The SMILES string of the molecule is CC1(C)C2CCC1(C)C(NC(=O)c1ccc(OCc3cscn3)cc1)C2. The van der Waals surface area contributed by atoms with Crippen molar-refractivity contribution >= 4 is 17.2 Å². The van der Waals surface area contributed by atoms with Crippen LogP contribution in [0.25, 0.3) is 0 Å². The molecule has 2 fully saturated rings. The van der Waals surface area contributed by atoms with Crippen LogP contribution in [0.2, 0.25) is 0 Å². The fraction of sp³-hybridized carbons (Fsp3) is 0.524. The van der Waals surface area contributed by atoms with E-state index in [-0.39, 0.29) is 17.4 Å². The van der Waals surface area contributed by atoms with Gasteiger partial charge in [0.05, 0.1) is 11.2 Å². The van der Waals surface area contributed by atoms with Crippen molar-refractivity contribution in [2.75, 3.05) is 0 Å². The van der Waals surface area contributed by atoms with E-state index in [1.165, 1.54) is 12.8 Å². The third-order valence-electron chi connectivity index (χ3n) is 7.09. The van der Waals surface area contributed by atoms with Crippen LogP contribution in [-0.4, -0.2) is 16.9 Å². The summed E-state index contributed by atoms with van der Waals surface area (Å²) in [6.45, 7) is 7.53. The highest BCUT2D eigenvalue weighted by atomic mass is 32.1. The van der Waals surface area contributed by atoms with E-state index >= 15 is 0 Å². The summed E-state index contributed by atoms with van der Waals surface area (Å²) in [6.07, 6.45) is 3.60. The van der Waals surface area contributed by atoms with Gasteiger partial charge in [-0.3, -0.25) is 4.79 Å². The third-order valence-corrected chi connectivity index (χ3v) is 7.72. The number of carbonyl (C=O) groups excluding carboxylic acids is 1. The lowest BCUT2D eigenvalue weighted by Crippen LogP contribution is -2.46. The molecule has 26 heavy (non-hydrogen) atoms. The summed E-state index contributed by atoms with van der Waals surface area (Å²) in [5.74, 6) is 1.49. The van der Waals surface area contributed by atoms with Crippen LogP contribution in [0.4, 0.5) is 0 Å². The molecule has 2 aliphatic carbocycles. The minimum atomic E-state index is 0.0191. The van der Waals surface area contributed by atoms with Crippen molar-refractivity contribution in [3.63, 3.8) is 0 Å². The number of rotatable bonds is 5. The predicted octanol–water partition coefficient (Wildman–Crippen LogP) is 4.67. The molecule has 4 rings (SSSR count). The first-order valence-corrected chi connectivity index (χ1v) is 10.3. The molecule has 4 nitrogen and oxygen atoms in total. The molecule has 2 aromatic rings. The van der Waals surface area contributed by atoms with E-state index in [0.29, 0.717) is 17.6 Å². The monoisotopic (exact) mass is 370 g/mol. The van der Waals surface area contributed by atoms with Gasteiger partial charge in [0.2, 0.25) is 0 Å². The van der Waals surface area contributed by atoms with Crippen molar-refractivity contribution in [2.24, 2.45) is 16.7 Å². The molecule has 3 atom stereocenters. The van der Waals surface area contributed by atoms with E-state index in [1.807, 2.05) is 29.6 Å². The van der Waals surface area contributed by atoms with Gasteiger partial charge in [-0.25, -0.2) is 4.98 Å². The van der Waals surface area contributed by atoms with Gasteiger partial charge >= 0.3 is 0 Å². The highest BCUT2D eigenvalue weighted by Crippen LogP contribution is 2.65. The van der Waals surface area contributed by atoms with Crippen LogP contribution in [0.3, 0.4) is 0 Å². The van der Waals surface area contributed by atoms with Gasteiger partial charge in [0, 0.05) is 17.0 Å². The van der Waals surface area contributed by atoms with Crippen LogP contribution < -0.4 is 10.1 Å². The number of aromatic nitrogens is 1. The standard InChI is InChI=1S/C21H26N2O2S/c1-20(2)15-8-9-21(20,3)18(10-15)23-19(24)14-4-6-17(7-5-14)25-11-16-12-26-13-22-16/h4-7,12-13,15,18H,8-11H2,1-3H3,(H,23,24). The molecule has 2 saturated carbocycles. The largest absolute Gasteiger partial charge is 0.487 e. The topological polar surface area (TPSA) is 51.2 Å². The Morgan fingerprint density at radius 1 is 1.31 bits per heavy atom. The first-order valence-electron chi connectivity index (χ1n) is 9.31. The number of thiazole rings is 1. The molecule has 5 heteroatoms. The number of benzene rings is 1. The normalized spacial score (nSPS) is 28.9. The molecular formula is C21H26N2O2S. The van der Waals surface area contributed by atoms with Crippen LogP contribution in [-0.2, 0) is 6.61 Å². The summed E-state index contributed by atoms with van der Waals surface area (Å²) in [7, 11) is 0. The number of nitrogens with one attached hydrogen (secondary N) is 1. The lowest BCUT2D eigenvalue weighted by Gasteiger charge is -2.39. The van der Waals surface area contributed by atoms with Crippen molar-refractivity contribution < 1.29 is 9.53 Å². The van der Waals surface area contributed by atoms with E-state index in [9.17, 15) is 4.79 Å². The summed E-state index contributed by atoms with van der Waals surface area (Å²) in [5.41, 5.74) is 3.91. The molecule has 1 N–H and O–H groups in total. The molecule has 3 unspecified atom stereocenters. The first-order chi connectivity index (χ1) is 12.4. The molecule has 0 aliphatic heterocycles. The minimum absolute atomic E-state index is 0.0191. The van der Waals surface area contributed by atoms with Gasteiger partial charge in [0.1, 0.15) is 12.4 Å². The van der Waals surface area contributed by atoms with Gasteiger partial charge in [-0.2, -0.15) is 0 Å². The highest BCUT2D eigenvalue weighted by Gasteiger charge is 2.61. The van der Waals surface area contributed by atoms with E-state index in [2.05, 4.69) is 31.1 Å². The van der Waals surface area contributed by atoms with Crippen LogP contribution in [0, 0.1) is 16.7 Å². The fourth-order valence-electron chi connectivity index (χ4n) is 4.83. The Hall–Kier alpha value is -1.88. The van der Waals surface area contributed by atoms with Gasteiger partial charge in [0.25, 0.3) is 5.91 Å². The lowest BCUT2D eigenvalue weighted by atomic mass is 9.69. The lowest BCUT2D eigenvalue weighted by molar-refractivity contribution is 0.0826. The summed E-state index contributed by atoms with van der Waals surface area (Å²) >= 11 is 1.56. The third kappa shape index (κ3) is 2.82. The van der Waals surface area contributed by atoms with E-state index < -0.39 is 0 Å². The maximum Gasteiger partial charge on any atom is 0.251 e. The maximum absolute atomic E-state index is 12.7. The quantitative estimate of drug-likeness (QED) is 0.832. The first kappa shape index (κ1) is 17.5. The smallest absolute Gasteiger partial charge is 0.251 e. The van der Waals surface area contributed by atoms with Gasteiger partial charge in [-0.05, 0) is 60.3 Å². The van der Waals surface area contributed by atoms with E-state index in [0.717, 1.165) is 23.8 Å². The highest BCUT2D eigenvalue weighted by molar-refractivity contribution is 7.07. The molecule has 2 bridgehead atoms. The molecule has 1 heterocycles. The molecule has 138 valence electrons. The molecule has 1 aromatic carbocycles. The Morgan fingerprint density at radius 3 is 2.65 bits per heavy atom. The van der Waals surface area contributed by atoms with Gasteiger partial charge in [-0.15, -0.1) is 11.3 Å². The zero-order valence-electron chi connectivity index (χ0n) is 15.6. The number of nitrogens with zero attached hydrogens (tertiary/aromatic N) is 1. The van der Waals surface area contributed by atoms with Crippen molar-refractivity contribution in [3.8, 4) is 5.75 Å². The Labute approximate surface area is 159 Å². The number of amides is 1. The Morgan fingerprint density at radius 2 is 2.08 bits per heavy atom. The Balaban J connectivity index is 1.38. The summed E-state index contributed by atoms with van der Waals surface area (Å²) in [6, 6.07) is 7.66.